The number of carbonyl (C=O) groups excluding carboxylic acids is 1. The van der Waals surface area contributed by atoms with Crippen molar-refractivity contribution in [1.82, 2.24) is 45.4 Å². The highest BCUT2D eigenvalue weighted by Crippen LogP contribution is 2.25. The van der Waals surface area contributed by atoms with E-state index in [0.29, 0.717) is 12.1 Å². The fourth-order valence-corrected chi connectivity index (χ4v) is 11.9. The van der Waals surface area contributed by atoms with Crippen molar-refractivity contribution < 1.29 is 14.4 Å². The number of aryl methyl sites for hydroxylation is 10. The lowest BCUT2D eigenvalue weighted by Gasteiger charge is -2.05. The summed E-state index contributed by atoms with van der Waals surface area (Å²) in [5.41, 5.74) is 32.1. The van der Waals surface area contributed by atoms with Crippen LogP contribution in [0.25, 0.3) is 92.5 Å². The Hall–Kier alpha value is -13.4. The van der Waals surface area contributed by atoms with Gasteiger partial charge in [-0.2, -0.15) is 0 Å². The Morgan fingerprint density at radius 2 is 0.841 bits per heavy atom. The number of pyridine rings is 8. The fourth-order valence-electron chi connectivity index (χ4n) is 11.8. The summed E-state index contributed by atoms with van der Waals surface area (Å²) >= 11 is 5.96. The monoisotopic (exact) mass is 1510 g/mol. The molecule has 566 valence electrons. The number of hydroxylamine groups is 1. The number of hydrogen-bond acceptors (Lipinski definition) is 12. The number of nitrogens with two attached hydrogens (primary N) is 2. The average molecular weight is 1510 g/mol. The second-order valence-corrected chi connectivity index (χ2v) is 27.3. The van der Waals surface area contributed by atoms with Crippen molar-refractivity contribution in [2.75, 3.05) is 0 Å². The smallest absolute Gasteiger partial charge is 0.248 e. The molecule has 0 aliphatic heterocycles. The van der Waals surface area contributed by atoms with Gasteiger partial charge in [0.25, 0.3) is 0 Å². The van der Waals surface area contributed by atoms with Crippen molar-refractivity contribution in [1.29, 1.82) is 0 Å². The van der Waals surface area contributed by atoms with Gasteiger partial charge in [0.05, 0.1) is 33.3 Å². The van der Waals surface area contributed by atoms with Gasteiger partial charge < -0.3 is 11.5 Å². The molecule has 15 heteroatoms. The van der Waals surface area contributed by atoms with Crippen LogP contribution in [0.5, 0.6) is 0 Å². The maximum Gasteiger partial charge on any atom is 0.248 e. The average Bonchev–Trinajstić information content (AvgIpc) is 0.814. The molecular weight excluding hydrogens is 1420 g/mol. The summed E-state index contributed by atoms with van der Waals surface area (Å²) in [7, 11) is 0. The topological polar surface area (TPSA) is 204 Å². The van der Waals surface area contributed by atoms with Gasteiger partial charge in [-0.15, -0.1) is 0 Å². The van der Waals surface area contributed by atoms with Crippen LogP contribution in [0.15, 0.2) is 330 Å². The molecule has 0 spiro atoms. The molecule has 13 nitrogen and oxygen atoms in total. The molecule has 1 amide bonds. The van der Waals surface area contributed by atoms with Gasteiger partial charge in [-0.25, -0.2) is 4.39 Å². The van der Waals surface area contributed by atoms with E-state index in [0.717, 1.165) is 70.8 Å². The van der Waals surface area contributed by atoms with Crippen LogP contribution in [0.3, 0.4) is 0 Å². The second kappa shape index (κ2) is 42.6. The van der Waals surface area contributed by atoms with Crippen molar-refractivity contribution >= 4 is 110 Å². The molecule has 8 heterocycles. The molecular formula is C98H93ClFN11O2. The third-order valence-electron chi connectivity index (χ3n) is 18.0. The van der Waals surface area contributed by atoms with E-state index in [9.17, 15) is 9.18 Å². The molecule has 0 aliphatic carbocycles. The van der Waals surface area contributed by atoms with Crippen LogP contribution in [0.4, 0.5) is 4.39 Å². The van der Waals surface area contributed by atoms with Crippen LogP contribution in [0, 0.1) is 75.1 Å². The van der Waals surface area contributed by atoms with Gasteiger partial charge in [-0.3, -0.25) is 55.4 Å². The largest absolute Gasteiger partial charge is 0.366 e. The molecule has 0 saturated carbocycles. The quantitative estimate of drug-likeness (QED) is 0.122. The van der Waals surface area contributed by atoms with Crippen molar-refractivity contribution in [3.8, 4) is 0 Å². The molecule has 0 aliphatic rings. The molecule has 0 saturated heterocycles. The number of aromatic nitrogens is 8. The van der Waals surface area contributed by atoms with Gasteiger partial charge in [-0.1, -0.05) is 168 Å². The normalized spacial score (nSPS) is 10.2. The van der Waals surface area contributed by atoms with Crippen LogP contribution in [-0.2, 0) is 6.54 Å². The highest BCUT2D eigenvalue weighted by molar-refractivity contribution is 6.32. The maximum atomic E-state index is 13.0. The molecule has 113 heavy (non-hydrogen) atoms. The third kappa shape index (κ3) is 25.3. The standard InChI is InChI=1S/C11H10N2O.C11H12N2.C10H8ClN.5C10H9N.C9H10FNO.C7H8/c1-7-4-8-2-3-13-6-9(8)5-10(7)11(12)14;1-8-4-9-2-3-13-7-11(9)5-10(8)6-12;1-7-4-8-2-3-12-6-9(8)5-10(7)11;1-8-4-2-6-10-9(8)5-3-7-11-10;1-8-4-5-10-9(7-8)3-2-6-11-10;1-8-4-5-9-3-2-6-11-10(9)7-8;1-8-6-9-4-2-3-5-10(9)11-7-8;1-8-6-7-11-10-5-3-2-4-9(8)10;1-6-3-4-9(10)8(5-6)7(2)11-12;1-7-5-3-2-4-6-7/h2-6H,1H3,(H2,12,14);2-5,7H,6,12H2,1H3;2-6H,1H3;5*2-7H,1H3;3-5,11-12H,2H2,1H3;2-6H,1H3. The highest BCUT2D eigenvalue weighted by atomic mass is 35.5. The Kier molecular flexibility index (Phi) is 31.5. The van der Waals surface area contributed by atoms with Crippen molar-refractivity contribution in [3.63, 3.8) is 0 Å². The Morgan fingerprint density at radius 3 is 1.47 bits per heavy atom. The molecule has 18 rings (SSSR count). The molecule has 0 unspecified atom stereocenters. The fraction of sp³-hybridized carbons (Fsp3) is 0.112. The van der Waals surface area contributed by atoms with E-state index >= 15 is 0 Å². The van der Waals surface area contributed by atoms with E-state index in [1.54, 1.807) is 36.8 Å². The maximum absolute atomic E-state index is 13.0. The van der Waals surface area contributed by atoms with Gasteiger partial charge in [0.1, 0.15) is 5.82 Å². The van der Waals surface area contributed by atoms with Gasteiger partial charge in [0.2, 0.25) is 5.91 Å². The van der Waals surface area contributed by atoms with E-state index in [2.05, 4.69) is 198 Å². The molecule has 0 radical (unpaired) electrons. The Morgan fingerprint density at radius 1 is 0.363 bits per heavy atom. The van der Waals surface area contributed by atoms with Crippen LogP contribution in [0.1, 0.15) is 77.1 Å². The predicted molar refractivity (Wildman–Crippen MR) is 470 cm³/mol. The number of nitrogens with one attached hydrogen (secondary N) is 1. The first-order valence-corrected chi connectivity index (χ1v) is 37.1. The lowest BCUT2D eigenvalue weighted by molar-refractivity contribution is 0.0999. The van der Waals surface area contributed by atoms with Crippen LogP contribution < -0.4 is 16.9 Å². The summed E-state index contributed by atoms with van der Waals surface area (Å²) in [5, 5.41) is 22.1. The minimum Gasteiger partial charge on any atom is -0.366 e. The third-order valence-corrected chi connectivity index (χ3v) is 18.4. The SMILES string of the molecule is C=C(NO)c1cc(C)ccc1F.Cc1cc2ccncc2cc1C(N)=O.Cc1cc2ccncc2cc1CN.Cc1cc2ccncc2cc1Cl.Cc1ccc2cccnc2c1.Cc1ccc2ncccc2c1.Cc1cccc2ncccc12.Cc1ccccc1.Cc1ccnc2ccccc12.Cc1cnc2ccccc2c1. The first-order valence-electron chi connectivity index (χ1n) is 36.7. The Bertz CT molecular complexity index is 5860. The minimum atomic E-state index is -0.396. The predicted octanol–water partition coefficient (Wildman–Crippen LogP) is 23.6. The lowest BCUT2D eigenvalue weighted by atomic mass is 10.0. The van der Waals surface area contributed by atoms with Crippen LogP contribution in [0.2, 0.25) is 5.02 Å². The van der Waals surface area contributed by atoms with Crippen molar-refractivity contribution in [2.45, 2.75) is 75.8 Å². The van der Waals surface area contributed by atoms with Gasteiger partial charge in [-0.05, 0) is 251 Å². The number of hydrogen-bond donors (Lipinski definition) is 4. The zero-order valence-corrected chi connectivity index (χ0v) is 66.1. The number of nitrogens with zero attached hydrogens (tertiary/aromatic N) is 8. The number of benzene rings is 10. The minimum absolute atomic E-state index is 0.163. The van der Waals surface area contributed by atoms with E-state index in [1.807, 2.05) is 203 Å². The van der Waals surface area contributed by atoms with Crippen molar-refractivity contribution in [3.05, 3.63) is 413 Å². The molecule has 6 N–H and O–H groups in total. The summed E-state index contributed by atoms with van der Waals surface area (Å²) < 4.78 is 13.0. The van der Waals surface area contributed by atoms with E-state index in [4.69, 9.17) is 28.3 Å². The number of amides is 1. The first kappa shape index (κ1) is 83.7. The van der Waals surface area contributed by atoms with E-state index in [1.165, 1.54) is 88.3 Å². The molecule has 8 aromatic heterocycles. The number of halogens is 2. The number of carbonyl (C=O) groups is 1. The Balaban J connectivity index is 0.000000144. The molecule has 0 fully saturated rings. The van der Waals surface area contributed by atoms with Gasteiger partial charge in [0, 0.05) is 134 Å². The summed E-state index contributed by atoms with van der Waals surface area (Å²) in [5.74, 6) is -0.791. The van der Waals surface area contributed by atoms with Gasteiger partial charge >= 0.3 is 0 Å². The van der Waals surface area contributed by atoms with Crippen LogP contribution >= 0.6 is 11.6 Å². The first-order chi connectivity index (χ1) is 54.6. The molecule has 0 atom stereocenters. The van der Waals surface area contributed by atoms with Gasteiger partial charge in [0.15, 0.2) is 0 Å². The molecule has 0 bridgehead atoms. The second-order valence-electron chi connectivity index (χ2n) is 26.9. The lowest BCUT2D eigenvalue weighted by Crippen LogP contribution is -2.12. The zero-order valence-electron chi connectivity index (χ0n) is 65.4. The van der Waals surface area contributed by atoms with E-state index < -0.39 is 11.7 Å². The Labute approximate surface area is 665 Å². The number of para-hydroxylation sites is 2. The van der Waals surface area contributed by atoms with Crippen LogP contribution in [-0.4, -0.2) is 51.0 Å². The summed E-state index contributed by atoms with van der Waals surface area (Å²) in [6.07, 6.45) is 19.9. The van der Waals surface area contributed by atoms with E-state index in [-0.39, 0.29) is 11.3 Å². The number of primary amides is 1. The highest BCUT2D eigenvalue weighted by Gasteiger charge is 2.08. The molecule has 10 aromatic carbocycles. The summed E-state index contributed by atoms with van der Waals surface area (Å²) in [4.78, 5) is 44.4. The molecule has 18 aromatic rings. The zero-order chi connectivity index (χ0) is 80.6. The summed E-state index contributed by atoms with van der Waals surface area (Å²) in [6.45, 7) is 24.3. The van der Waals surface area contributed by atoms with Crippen molar-refractivity contribution in [2.24, 2.45) is 11.5 Å². The number of rotatable bonds is 4. The number of fused-ring (bicyclic) bond motifs is 8. The summed E-state index contributed by atoms with van der Waals surface area (Å²) in [6, 6.07) is 84.1.